The first-order valence-electron chi connectivity index (χ1n) is 18.7. The van der Waals surface area contributed by atoms with Crippen LogP contribution < -0.4 is 14.5 Å². The van der Waals surface area contributed by atoms with Gasteiger partial charge in [-0.2, -0.15) is 0 Å². The highest BCUT2D eigenvalue weighted by atomic mass is 35.5. The van der Waals surface area contributed by atoms with Crippen molar-refractivity contribution in [1.29, 1.82) is 0 Å². The Bertz CT molecular complexity index is 2060. The second-order valence-electron chi connectivity index (χ2n) is 14.3. The maximum Gasteiger partial charge on any atom is 0.416 e. The van der Waals surface area contributed by atoms with Gasteiger partial charge in [0.1, 0.15) is 23.1 Å². The zero-order valence-electron chi connectivity index (χ0n) is 30.9. The molecule has 55 heavy (non-hydrogen) atoms. The first kappa shape index (κ1) is 39.1. The molecule has 11 nitrogen and oxygen atoms in total. The molecule has 4 atom stereocenters. The van der Waals surface area contributed by atoms with Crippen LogP contribution >= 0.6 is 33.2 Å². The van der Waals surface area contributed by atoms with Crippen LogP contribution in [0.3, 0.4) is 0 Å². The number of pyridine rings is 1. The van der Waals surface area contributed by atoms with E-state index in [9.17, 15) is 24.6 Å². The molecule has 0 spiro atoms. The van der Waals surface area contributed by atoms with Gasteiger partial charge in [-0.25, -0.2) is 14.7 Å². The van der Waals surface area contributed by atoms with E-state index in [2.05, 4.69) is 4.98 Å². The number of carbonyl (C=O) groups is 3. The number of benzene rings is 3. The Balaban J connectivity index is 0.973. The number of aromatic hydroxyl groups is 1. The third kappa shape index (κ3) is 8.21. The molecule has 1 saturated heterocycles. The molecule has 0 bridgehead atoms. The van der Waals surface area contributed by atoms with Gasteiger partial charge in [-0.05, 0) is 91.5 Å². The average molecular weight is 805 g/mol. The lowest BCUT2D eigenvalue weighted by atomic mass is 9.95. The molecular weight excluding hydrogens is 760 g/mol. The third-order valence-corrected chi connectivity index (χ3v) is 13.6. The summed E-state index contributed by atoms with van der Waals surface area (Å²) in [6.45, 7) is 5.23. The van der Waals surface area contributed by atoms with E-state index in [0.29, 0.717) is 62.6 Å². The Morgan fingerprint density at radius 1 is 1.05 bits per heavy atom. The molecule has 3 aliphatic rings. The summed E-state index contributed by atoms with van der Waals surface area (Å²) >= 11 is 6.36. The minimum absolute atomic E-state index is 0.0123. The molecule has 2 N–H and O–H groups in total. The largest absolute Gasteiger partial charge is 0.507 e. The average Bonchev–Trinajstić information content (AvgIpc) is 3.82. The number of phenolic OH excluding ortho intramolecular Hbond substituents is 1. The fourth-order valence-electron chi connectivity index (χ4n) is 7.71. The maximum absolute atomic E-state index is 13.8. The van der Waals surface area contributed by atoms with Gasteiger partial charge in [0.25, 0.3) is 5.91 Å². The van der Waals surface area contributed by atoms with Crippen LogP contribution in [0.15, 0.2) is 71.9 Å². The van der Waals surface area contributed by atoms with Gasteiger partial charge in [0.15, 0.2) is 6.23 Å². The summed E-state index contributed by atoms with van der Waals surface area (Å²) in [6.07, 6.45) is 3.41. The summed E-state index contributed by atoms with van der Waals surface area (Å²) in [6, 6.07) is 17.8. The predicted octanol–water partition coefficient (Wildman–Crippen LogP) is 8.27. The number of aryl methyl sites for hydroxylation is 1. The monoisotopic (exact) mass is 804 g/mol. The van der Waals surface area contributed by atoms with Crippen LogP contribution in [0.4, 0.5) is 16.2 Å². The first-order chi connectivity index (χ1) is 26.7. The smallest absolute Gasteiger partial charge is 0.416 e. The molecule has 4 aromatic rings. The lowest BCUT2D eigenvalue weighted by Gasteiger charge is -2.32. The van der Waals surface area contributed by atoms with Crippen molar-refractivity contribution in [3.05, 3.63) is 83.6 Å². The Morgan fingerprint density at radius 3 is 2.64 bits per heavy atom. The lowest BCUT2D eigenvalue weighted by Crippen LogP contribution is -2.51. The second-order valence-corrected chi connectivity index (χ2v) is 17.2. The van der Waals surface area contributed by atoms with Crippen LogP contribution in [0.25, 0.3) is 10.8 Å². The van der Waals surface area contributed by atoms with Crippen LogP contribution in [0, 0.1) is 6.92 Å². The van der Waals surface area contributed by atoms with Gasteiger partial charge in [-0.3, -0.25) is 9.59 Å². The minimum atomic E-state index is -1.29. The van der Waals surface area contributed by atoms with E-state index in [1.165, 1.54) is 26.5 Å². The van der Waals surface area contributed by atoms with Gasteiger partial charge in [0.2, 0.25) is 5.91 Å². The molecule has 3 aliphatic heterocycles. The molecular formula is C41H45ClN4O7S2. The number of carbonyl (C=O) groups excluding carboxylic acids is 3. The summed E-state index contributed by atoms with van der Waals surface area (Å²) in [5.74, 6) is 0.759. The van der Waals surface area contributed by atoms with Crippen molar-refractivity contribution < 1.29 is 34.1 Å². The van der Waals surface area contributed by atoms with Crippen molar-refractivity contribution in [3.8, 4) is 11.5 Å². The zero-order chi connectivity index (χ0) is 38.6. The van der Waals surface area contributed by atoms with Gasteiger partial charge >= 0.3 is 6.09 Å². The molecule has 14 heteroatoms. The van der Waals surface area contributed by atoms with Crippen LogP contribution in [0.5, 0.6) is 11.5 Å². The van der Waals surface area contributed by atoms with Crippen molar-refractivity contribution in [3.63, 3.8) is 0 Å². The SMILES string of the molecule is Cc1cc2c(cc1OCCCCCC(=O)N1C[C@@H](CCl)c3c1cc(O)c1ccccc31)N(C(=O)OCC(C)SSc1ccccn1)C(O)[C@@H]1CCCN1C2=O. The Morgan fingerprint density at radius 2 is 1.85 bits per heavy atom. The number of aliphatic hydroxyl groups excluding tert-OH is 1. The van der Waals surface area contributed by atoms with E-state index in [1.807, 2.05) is 56.3 Å². The highest BCUT2D eigenvalue weighted by molar-refractivity contribution is 8.76. The van der Waals surface area contributed by atoms with Gasteiger partial charge < -0.3 is 29.5 Å². The van der Waals surface area contributed by atoms with Crippen molar-refractivity contribution in [2.24, 2.45) is 0 Å². The van der Waals surface area contributed by atoms with E-state index >= 15 is 0 Å². The summed E-state index contributed by atoms with van der Waals surface area (Å²) in [5, 5.41) is 24.8. The highest BCUT2D eigenvalue weighted by Gasteiger charge is 2.45. The normalized spacial score (nSPS) is 19.5. The van der Waals surface area contributed by atoms with E-state index < -0.39 is 18.4 Å². The number of anilines is 2. The number of phenols is 1. The number of hydrogen-bond acceptors (Lipinski definition) is 10. The summed E-state index contributed by atoms with van der Waals surface area (Å²) in [5.41, 5.74) is 3.04. The Kier molecular flexibility index (Phi) is 12.3. The van der Waals surface area contributed by atoms with E-state index in [4.69, 9.17) is 21.1 Å². The standard InChI is InChI=1S/C41H45ClN4O7S2/c1-25-19-30-32(46(40(50)31-13-10-17-44(31)39(30)49)41(51)53-24-26(2)54-55-36-14-7-8-16-43-36)21-35(25)52-18-9-3-4-15-37(48)45-23-27(22-42)38-29-12-6-5-11-28(29)34(47)20-33(38)45/h5-8,11-12,14,16,19-21,26-27,31,40,47,50H,3-4,9-10,13,15,17-18,22-24H2,1-2H3/t26?,27-,31+,40?/m1/s1. The predicted molar refractivity (Wildman–Crippen MR) is 218 cm³/mol. The number of ether oxygens (including phenoxy) is 2. The molecule has 7 rings (SSSR count). The molecule has 0 radical (unpaired) electrons. The van der Waals surface area contributed by atoms with Gasteiger partial charge in [0.05, 0.1) is 29.6 Å². The number of fused-ring (bicyclic) bond motifs is 5. The topological polar surface area (TPSA) is 133 Å². The zero-order valence-corrected chi connectivity index (χ0v) is 33.2. The number of alkyl halides is 1. The van der Waals surface area contributed by atoms with E-state index in [1.54, 1.807) is 34.2 Å². The number of aliphatic hydroxyl groups is 1. The number of hydrogen-bond donors (Lipinski definition) is 2. The highest BCUT2D eigenvalue weighted by Crippen LogP contribution is 2.45. The number of unbranched alkanes of at least 4 members (excludes halogenated alkanes) is 2. The van der Waals surface area contributed by atoms with Gasteiger partial charge in [0, 0.05) is 60.3 Å². The lowest BCUT2D eigenvalue weighted by molar-refractivity contribution is -0.118. The summed E-state index contributed by atoms with van der Waals surface area (Å²) in [7, 11) is 3.02. The molecule has 0 aliphatic carbocycles. The number of amides is 3. The molecule has 3 aromatic carbocycles. The van der Waals surface area contributed by atoms with Crippen molar-refractivity contribution in [1.82, 2.24) is 9.88 Å². The number of halogens is 1. The van der Waals surface area contributed by atoms with Crippen LogP contribution in [0.2, 0.25) is 0 Å². The van der Waals surface area contributed by atoms with Crippen molar-refractivity contribution in [2.75, 3.05) is 42.0 Å². The summed E-state index contributed by atoms with van der Waals surface area (Å²) in [4.78, 5) is 49.9. The molecule has 4 heterocycles. The quantitative estimate of drug-likeness (QED) is 0.0774. The Labute approximate surface area is 333 Å². The molecule has 1 aromatic heterocycles. The van der Waals surface area contributed by atoms with Gasteiger partial charge in [-0.1, -0.05) is 41.1 Å². The minimum Gasteiger partial charge on any atom is -0.507 e. The van der Waals surface area contributed by atoms with Crippen molar-refractivity contribution >= 4 is 73.2 Å². The van der Waals surface area contributed by atoms with Crippen LogP contribution in [0.1, 0.15) is 72.9 Å². The van der Waals surface area contributed by atoms with E-state index in [-0.39, 0.29) is 41.0 Å². The molecule has 290 valence electrons. The number of rotatable bonds is 13. The maximum atomic E-state index is 13.8. The fraction of sp³-hybridized carbons (Fsp3) is 0.415. The summed E-state index contributed by atoms with van der Waals surface area (Å²) < 4.78 is 12.0. The van der Waals surface area contributed by atoms with Gasteiger partial charge in [-0.15, -0.1) is 11.6 Å². The first-order valence-corrected chi connectivity index (χ1v) is 21.5. The molecule has 2 unspecified atom stereocenters. The van der Waals surface area contributed by atoms with E-state index in [0.717, 1.165) is 45.5 Å². The second kappa shape index (κ2) is 17.3. The molecule has 3 amide bonds. The van der Waals surface area contributed by atoms with Crippen molar-refractivity contribution in [2.45, 2.75) is 80.8 Å². The molecule has 0 saturated carbocycles. The number of nitrogens with zero attached hydrogens (tertiary/aromatic N) is 4. The fourth-order valence-corrected chi connectivity index (χ4v) is 9.84. The Hall–Kier alpha value is -4.17. The number of aromatic nitrogens is 1. The van der Waals surface area contributed by atoms with Crippen LogP contribution in [-0.4, -0.2) is 87.7 Å². The molecule has 1 fully saturated rings. The van der Waals surface area contributed by atoms with Crippen LogP contribution in [-0.2, 0) is 9.53 Å². The third-order valence-electron chi connectivity index (χ3n) is 10.5.